The Morgan fingerprint density at radius 1 is 1.24 bits per heavy atom. The van der Waals surface area contributed by atoms with Gasteiger partial charge in [-0.2, -0.15) is 0 Å². The molecule has 1 aliphatic carbocycles. The summed E-state index contributed by atoms with van der Waals surface area (Å²) in [7, 11) is 0. The summed E-state index contributed by atoms with van der Waals surface area (Å²) in [5.41, 5.74) is -1.45. The summed E-state index contributed by atoms with van der Waals surface area (Å²) in [6, 6.07) is 0. The highest BCUT2D eigenvalue weighted by molar-refractivity contribution is 6.31. The first-order chi connectivity index (χ1) is 13.4. The van der Waals surface area contributed by atoms with Gasteiger partial charge < -0.3 is 25.4 Å². The van der Waals surface area contributed by atoms with E-state index in [0.29, 0.717) is 0 Å². The first-order valence-corrected chi connectivity index (χ1v) is 9.14. The van der Waals surface area contributed by atoms with E-state index in [2.05, 4.69) is 5.32 Å². The van der Waals surface area contributed by atoms with Crippen molar-refractivity contribution >= 4 is 17.3 Å². The molecule has 0 spiro atoms. The van der Waals surface area contributed by atoms with Gasteiger partial charge in [-0.25, -0.2) is 0 Å². The number of phenolic OH excluding ortho intramolecular Hbond substituents is 2. The Labute approximate surface area is 167 Å². The lowest BCUT2D eigenvalue weighted by Gasteiger charge is -2.29. The van der Waals surface area contributed by atoms with Gasteiger partial charge in [-0.1, -0.05) is 0 Å². The zero-order valence-corrected chi connectivity index (χ0v) is 16.8. The zero-order valence-electron chi connectivity index (χ0n) is 16.8. The number of carbonyl (C=O) groups is 3. The van der Waals surface area contributed by atoms with E-state index < -0.39 is 34.6 Å². The molecule has 2 atom stereocenters. The molecule has 1 aromatic rings. The highest BCUT2D eigenvalue weighted by atomic mass is 16.5. The van der Waals surface area contributed by atoms with Crippen LogP contribution in [0.1, 0.15) is 49.2 Å². The highest BCUT2D eigenvalue weighted by Gasteiger charge is 2.56. The van der Waals surface area contributed by atoms with Crippen LogP contribution >= 0.6 is 0 Å². The van der Waals surface area contributed by atoms with E-state index >= 15 is 0 Å². The van der Waals surface area contributed by atoms with E-state index in [-0.39, 0.29) is 51.8 Å². The highest BCUT2D eigenvalue weighted by Crippen LogP contribution is 2.57. The van der Waals surface area contributed by atoms with Crippen LogP contribution in [0.4, 0.5) is 0 Å². The molecule has 0 amide bonds. The van der Waals surface area contributed by atoms with E-state index in [1.807, 2.05) is 0 Å². The number of Topliss-reactive ketones (excluding diaryl/α,β-unsaturated/α-hetero) is 2. The standard InChI is InChI=1S/C21H23NO7/c1-8(23)7-22-10(3)14-12(25)6-13-21(5,20(14)28)16-18(27)9(2)17(26)15(11(4)24)19(16)29-13/h6,8,22-23,26-27H,7H2,1-5H3/b14-10+/t8-,21+/m1/s1. The number of hydrogen-bond acceptors (Lipinski definition) is 8. The number of hydrogen-bond donors (Lipinski definition) is 4. The number of ether oxygens (including phenoxy) is 1. The number of aliphatic hydroxyl groups excluding tert-OH is 1. The number of nitrogens with one attached hydrogen (secondary N) is 1. The van der Waals surface area contributed by atoms with Crippen molar-refractivity contribution in [3.63, 3.8) is 0 Å². The number of fused-ring (bicyclic) bond motifs is 3. The molecular weight excluding hydrogens is 378 g/mol. The molecule has 0 radical (unpaired) electrons. The molecule has 4 N–H and O–H groups in total. The van der Waals surface area contributed by atoms with Crippen molar-refractivity contribution in [3.05, 3.63) is 39.8 Å². The predicted octanol–water partition coefficient (Wildman–Crippen LogP) is 1.54. The predicted molar refractivity (Wildman–Crippen MR) is 103 cm³/mol. The number of aromatic hydroxyl groups is 2. The molecule has 1 heterocycles. The lowest BCUT2D eigenvalue weighted by atomic mass is 9.70. The van der Waals surface area contributed by atoms with Crippen molar-refractivity contribution < 1.29 is 34.4 Å². The van der Waals surface area contributed by atoms with E-state index in [1.165, 1.54) is 20.8 Å². The molecule has 1 aliphatic heterocycles. The molecule has 0 saturated heterocycles. The summed E-state index contributed by atoms with van der Waals surface area (Å²) in [4.78, 5) is 38.2. The van der Waals surface area contributed by atoms with Gasteiger partial charge in [-0.15, -0.1) is 0 Å². The summed E-state index contributed by atoms with van der Waals surface area (Å²) in [6.45, 7) is 7.41. The van der Waals surface area contributed by atoms with Crippen molar-refractivity contribution in [3.8, 4) is 17.2 Å². The Morgan fingerprint density at radius 2 is 1.86 bits per heavy atom. The molecule has 0 aromatic heterocycles. The van der Waals surface area contributed by atoms with Crippen LogP contribution in [-0.4, -0.2) is 45.3 Å². The van der Waals surface area contributed by atoms with Crippen LogP contribution in [0.5, 0.6) is 17.2 Å². The molecule has 154 valence electrons. The SMILES string of the molecule is CC(=O)c1c(O)c(C)c(O)c2c1OC1=CC(=O)/C(=C(/C)NC[C@@H](C)O)C(=O)[C@@]12C. The average molecular weight is 401 g/mol. The molecule has 8 heteroatoms. The van der Waals surface area contributed by atoms with Crippen LogP contribution in [0.3, 0.4) is 0 Å². The summed E-state index contributed by atoms with van der Waals surface area (Å²) in [5.74, 6) is -2.64. The van der Waals surface area contributed by atoms with Crippen LogP contribution in [0.2, 0.25) is 0 Å². The minimum atomic E-state index is -1.54. The number of rotatable bonds is 4. The van der Waals surface area contributed by atoms with E-state index in [0.717, 1.165) is 6.08 Å². The second-order valence-corrected chi connectivity index (χ2v) is 7.62. The number of carbonyl (C=O) groups excluding carboxylic acids is 3. The molecule has 2 aliphatic rings. The Morgan fingerprint density at radius 3 is 2.41 bits per heavy atom. The third-order valence-electron chi connectivity index (χ3n) is 5.42. The van der Waals surface area contributed by atoms with Crippen LogP contribution < -0.4 is 10.1 Å². The van der Waals surface area contributed by atoms with Crippen LogP contribution in [0.15, 0.2) is 23.1 Å². The molecule has 0 fully saturated rings. The lowest BCUT2D eigenvalue weighted by molar-refractivity contribution is -0.123. The van der Waals surface area contributed by atoms with Crippen LogP contribution in [0.25, 0.3) is 0 Å². The Bertz CT molecular complexity index is 1030. The molecule has 3 rings (SSSR count). The van der Waals surface area contributed by atoms with Gasteiger partial charge in [0.05, 0.1) is 17.2 Å². The van der Waals surface area contributed by atoms with E-state index in [1.54, 1.807) is 13.8 Å². The summed E-state index contributed by atoms with van der Waals surface area (Å²) in [6.07, 6.45) is 0.462. The molecule has 0 bridgehead atoms. The number of phenols is 2. The Kier molecular flexibility index (Phi) is 4.78. The fourth-order valence-electron chi connectivity index (χ4n) is 3.75. The summed E-state index contributed by atoms with van der Waals surface area (Å²) in [5, 5.41) is 33.4. The van der Waals surface area contributed by atoms with E-state index in [4.69, 9.17) is 4.74 Å². The largest absolute Gasteiger partial charge is 0.507 e. The third-order valence-corrected chi connectivity index (χ3v) is 5.42. The van der Waals surface area contributed by atoms with Gasteiger partial charge in [-0.3, -0.25) is 14.4 Å². The Hall–Kier alpha value is -3.13. The second-order valence-electron chi connectivity index (χ2n) is 7.62. The molecule has 1 aromatic carbocycles. The van der Waals surface area contributed by atoms with Gasteiger partial charge in [-0.05, 0) is 34.6 Å². The fraction of sp³-hybridized carbons (Fsp3) is 0.381. The topological polar surface area (TPSA) is 133 Å². The first kappa shape index (κ1) is 20.6. The van der Waals surface area contributed by atoms with Gasteiger partial charge in [0.1, 0.15) is 34.0 Å². The van der Waals surface area contributed by atoms with Crippen molar-refractivity contribution in [1.29, 1.82) is 0 Å². The molecular formula is C21H23NO7. The maximum Gasteiger partial charge on any atom is 0.194 e. The zero-order chi connectivity index (χ0) is 21.8. The van der Waals surface area contributed by atoms with Crippen LogP contribution in [0, 0.1) is 6.92 Å². The number of benzene rings is 1. The average Bonchev–Trinajstić information content (AvgIpc) is 2.91. The number of aliphatic hydroxyl groups is 1. The molecule has 0 unspecified atom stereocenters. The maximum atomic E-state index is 13.5. The monoisotopic (exact) mass is 401 g/mol. The quantitative estimate of drug-likeness (QED) is 0.339. The number of allylic oxidation sites excluding steroid dienone is 4. The van der Waals surface area contributed by atoms with Crippen molar-refractivity contribution in [1.82, 2.24) is 5.32 Å². The van der Waals surface area contributed by atoms with Gasteiger partial charge in [0, 0.05) is 23.9 Å². The lowest BCUT2D eigenvalue weighted by Crippen LogP contribution is -2.41. The first-order valence-electron chi connectivity index (χ1n) is 9.14. The van der Waals surface area contributed by atoms with E-state index in [9.17, 15) is 29.7 Å². The van der Waals surface area contributed by atoms with Crippen molar-refractivity contribution in [2.24, 2.45) is 0 Å². The minimum Gasteiger partial charge on any atom is -0.507 e. The number of ketones is 3. The molecule has 8 nitrogen and oxygen atoms in total. The fourth-order valence-corrected chi connectivity index (χ4v) is 3.75. The van der Waals surface area contributed by atoms with Gasteiger partial charge >= 0.3 is 0 Å². The third kappa shape index (κ3) is 2.82. The summed E-state index contributed by atoms with van der Waals surface area (Å²) < 4.78 is 5.69. The minimum absolute atomic E-state index is 0.0163. The van der Waals surface area contributed by atoms with Crippen molar-refractivity contribution in [2.75, 3.05) is 6.54 Å². The van der Waals surface area contributed by atoms with Crippen molar-refractivity contribution in [2.45, 2.75) is 46.1 Å². The second kappa shape index (κ2) is 6.73. The smallest absolute Gasteiger partial charge is 0.194 e. The Balaban J connectivity index is 2.28. The normalized spacial score (nSPS) is 23.0. The maximum absolute atomic E-state index is 13.5. The molecule has 29 heavy (non-hydrogen) atoms. The van der Waals surface area contributed by atoms with Crippen LogP contribution in [-0.2, 0) is 15.0 Å². The summed E-state index contributed by atoms with van der Waals surface area (Å²) >= 11 is 0. The van der Waals surface area contributed by atoms with Gasteiger partial charge in [0.15, 0.2) is 17.3 Å². The molecule has 0 saturated carbocycles. The van der Waals surface area contributed by atoms with Gasteiger partial charge in [0.25, 0.3) is 0 Å². The van der Waals surface area contributed by atoms with Gasteiger partial charge in [0.2, 0.25) is 0 Å².